The van der Waals surface area contributed by atoms with Gasteiger partial charge in [0, 0.05) is 44.2 Å². The summed E-state index contributed by atoms with van der Waals surface area (Å²) in [6.07, 6.45) is 0. The Hall–Kier alpha value is -7.62. The summed E-state index contributed by atoms with van der Waals surface area (Å²) >= 11 is 0. The van der Waals surface area contributed by atoms with Crippen LogP contribution in [-0.4, -0.2) is 0 Å². The van der Waals surface area contributed by atoms with Crippen molar-refractivity contribution in [2.24, 2.45) is 0 Å². The molecule has 2 heterocycles. The van der Waals surface area contributed by atoms with Gasteiger partial charge in [0.1, 0.15) is 22.3 Å². The van der Waals surface area contributed by atoms with Crippen molar-refractivity contribution in [2.75, 3.05) is 4.90 Å². The number of hydrogen-bond acceptors (Lipinski definition) is 3. The maximum atomic E-state index is 6.81. The first-order valence-electron chi connectivity index (χ1n) is 19.3. The summed E-state index contributed by atoms with van der Waals surface area (Å²) in [5.41, 5.74) is 15.8. The molecule has 0 amide bonds. The molecule has 0 saturated carbocycles. The monoisotopic (exact) mass is 729 g/mol. The van der Waals surface area contributed by atoms with E-state index in [1.165, 1.54) is 22.3 Å². The van der Waals surface area contributed by atoms with Gasteiger partial charge in [-0.3, -0.25) is 0 Å². The van der Waals surface area contributed by atoms with Gasteiger partial charge in [-0.15, -0.1) is 0 Å². The van der Waals surface area contributed by atoms with Gasteiger partial charge < -0.3 is 13.7 Å². The molecule has 11 aromatic rings. The Balaban J connectivity index is 1.06. The molecule has 0 aliphatic rings. The number of fused-ring (bicyclic) bond motifs is 7. The highest BCUT2D eigenvalue weighted by atomic mass is 16.3. The van der Waals surface area contributed by atoms with E-state index < -0.39 is 0 Å². The van der Waals surface area contributed by atoms with Crippen molar-refractivity contribution in [1.29, 1.82) is 0 Å². The van der Waals surface area contributed by atoms with Crippen LogP contribution in [0.3, 0.4) is 0 Å². The summed E-state index contributed by atoms with van der Waals surface area (Å²) in [6.45, 7) is 0. The fraction of sp³-hybridized carbons (Fsp3) is 0. The molecule has 268 valence electrons. The van der Waals surface area contributed by atoms with Gasteiger partial charge in [0.25, 0.3) is 0 Å². The highest BCUT2D eigenvalue weighted by Gasteiger charge is 2.21. The number of hydrogen-bond donors (Lipinski definition) is 0. The van der Waals surface area contributed by atoms with E-state index in [9.17, 15) is 0 Å². The minimum atomic E-state index is 0.844. The summed E-state index contributed by atoms with van der Waals surface area (Å²) < 4.78 is 13.1. The quantitative estimate of drug-likeness (QED) is 0.164. The van der Waals surface area contributed by atoms with E-state index in [1.54, 1.807) is 0 Å². The van der Waals surface area contributed by atoms with Crippen molar-refractivity contribution in [3.05, 3.63) is 212 Å². The highest BCUT2D eigenvalue weighted by molar-refractivity contribution is 6.27. The van der Waals surface area contributed by atoms with Crippen LogP contribution in [0.15, 0.2) is 221 Å². The molecule has 2 aromatic heterocycles. The number of nitrogens with zero attached hydrogens (tertiary/aromatic N) is 1. The van der Waals surface area contributed by atoms with Crippen LogP contribution in [-0.2, 0) is 0 Å². The molecule has 3 nitrogen and oxygen atoms in total. The first-order valence-corrected chi connectivity index (χ1v) is 19.3. The molecule has 0 radical (unpaired) electrons. The standard InChI is InChI=1S/C54H35NO2/c1-4-12-36(13-5-1)39-20-26-43(27-21-39)55(44-28-22-40(23-29-44)37-14-6-2-7-15-37)45-30-24-41(25-31-45)47-34-42(38-16-8-3-9-17-38)35-48-53-51(57-54(47)48)33-32-50-52(53)46-18-10-11-19-49(46)56-50/h1-35H. The number of benzene rings is 9. The van der Waals surface area contributed by atoms with Crippen molar-refractivity contribution >= 4 is 60.9 Å². The summed E-state index contributed by atoms with van der Waals surface area (Å²) in [6, 6.07) is 75.1. The van der Waals surface area contributed by atoms with Crippen molar-refractivity contribution in [2.45, 2.75) is 0 Å². The van der Waals surface area contributed by atoms with Crippen LogP contribution >= 0.6 is 0 Å². The predicted molar refractivity (Wildman–Crippen MR) is 237 cm³/mol. The molecule has 0 aliphatic heterocycles. The van der Waals surface area contributed by atoms with Crippen LogP contribution < -0.4 is 4.90 Å². The zero-order valence-corrected chi connectivity index (χ0v) is 31.0. The molecule has 0 spiro atoms. The number of rotatable bonds is 7. The molecule has 0 N–H and O–H groups in total. The molecule has 0 fully saturated rings. The Bertz CT molecular complexity index is 3100. The highest BCUT2D eigenvalue weighted by Crippen LogP contribution is 2.45. The Morgan fingerprint density at radius 1 is 0.281 bits per heavy atom. The SMILES string of the molecule is c1ccc(-c2ccc(N(c3ccc(-c4ccccc4)cc3)c3ccc(-c4cc(-c5ccccc5)cc5c4oc4ccc6oc7ccccc7c6c45)cc3)cc2)cc1. The topological polar surface area (TPSA) is 29.5 Å². The smallest absolute Gasteiger partial charge is 0.143 e. The van der Waals surface area contributed by atoms with Crippen LogP contribution in [0.2, 0.25) is 0 Å². The van der Waals surface area contributed by atoms with Gasteiger partial charge >= 0.3 is 0 Å². The Morgan fingerprint density at radius 2 is 0.702 bits per heavy atom. The molecule has 9 aromatic carbocycles. The van der Waals surface area contributed by atoms with Crippen LogP contribution in [0.4, 0.5) is 17.1 Å². The molecule has 0 saturated heterocycles. The lowest BCUT2D eigenvalue weighted by Crippen LogP contribution is -2.09. The van der Waals surface area contributed by atoms with Gasteiger partial charge in [-0.05, 0) is 106 Å². The molecule has 3 heteroatoms. The third-order valence-electron chi connectivity index (χ3n) is 11.1. The summed E-state index contributed by atoms with van der Waals surface area (Å²) in [4.78, 5) is 2.32. The average molecular weight is 730 g/mol. The van der Waals surface area contributed by atoms with Crippen molar-refractivity contribution in [3.63, 3.8) is 0 Å². The molecule has 0 unspecified atom stereocenters. The van der Waals surface area contributed by atoms with E-state index in [0.717, 1.165) is 83.2 Å². The molecule has 57 heavy (non-hydrogen) atoms. The first kappa shape index (κ1) is 32.8. The van der Waals surface area contributed by atoms with Crippen molar-refractivity contribution in [3.8, 4) is 44.5 Å². The lowest BCUT2D eigenvalue weighted by atomic mass is 9.94. The summed E-state index contributed by atoms with van der Waals surface area (Å²) in [5, 5.41) is 4.32. The van der Waals surface area contributed by atoms with Crippen LogP contribution in [0.25, 0.3) is 88.4 Å². The maximum Gasteiger partial charge on any atom is 0.143 e. The third-order valence-corrected chi connectivity index (χ3v) is 11.1. The van der Waals surface area contributed by atoms with E-state index >= 15 is 0 Å². The Kier molecular flexibility index (Phi) is 7.82. The van der Waals surface area contributed by atoms with Crippen molar-refractivity contribution < 1.29 is 8.83 Å². The molecule has 0 bridgehead atoms. The minimum absolute atomic E-state index is 0.844. The number of para-hydroxylation sites is 1. The summed E-state index contributed by atoms with van der Waals surface area (Å²) in [5.74, 6) is 0. The Morgan fingerprint density at radius 3 is 1.25 bits per heavy atom. The first-order chi connectivity index (χ1) is 28.2. The molecule has 0 aliphatic carbocycles. The van der Waals surface area contributed by atoms with Gasteiger partial charge in [0.15, 0.2) is 0 Å². The van der Waals surface area contributed by atoms with Crippen LogP contribution in [0, 0.1) is 0 Å². The average Bonchev–Trinajstić information content (AvgIpc) is 3.86. The lowest BCUT2D eigenvalue weighted by molar-refractivity contribution is 0.663. The third kappa shape index (κ3) is 5.76. The number of anilines is 3. The normalized spacial score (nSPS) is 11.5. The van der Waals surface area contributed by atoms with Crippen molar-refractivity contribution in [1.82, 2.24) is 0 Å². The van der Waals surface area contributed by atoms with E-state index in [1.807, 2.05) is 24.3 Å². The lowest BCUT2D eigenvalue weighted by Gasteiger charge is -2.26. The molecular formula is C54H35NO2. The zero-order valence-electron chi connectivity index (χ0n) is 31.0. The minimum Gasteiger partial charge on any atom is -0.456 e. The fourth-order valence-corrected chi connectivity index (χ4v) is 8.30. The van der Waals surface area contributed by atoms with E-state index in [2.05, 4.69) is 193 Å². The van der Waals surface area contributed by atoms with E-state index in [0.29, 0.717) is 0 Å². The zero-order chi connectivity index (χ0) is 37.7. The van der Waals surface area contributed by atoms with Crippen LogP contribution in [0.1, 0.15) is 0 Å². The van der Waals surface area contributed by atoms with Gasteiger partial charge in [-0.25, -0.2) is 0 Å². The largest absolute Gasteiger partial charge is 0.456 e. The predicted octanol–water partition coefficient (Wildman–Crippen LogP) is 15.6. The summed E-state index contributed by atoms with van der Waals surface area (Å²) in [7, 11) is 0. The van der Waals surface area contributed by atoms with Gasteiger partial charge in [0.2, 0.25) is 0 Å². The molecular weight excluding hydrogens is 695 g/mol. The molecule has 11 rings (SSSR count). The second kappa shape index (κ2) is 13.6. The Labute approximate surface area is 330 Å². The van der Waals surface area contributed by atoms with Gasteiger partial charge in [-0.1, -0.05) is 146 Å². The maximum absolute atomic E-state index is 6.81. The van der Waals surface area contributed by atoms with Crippen LogP contribution in [0.5, 0.6) is 0 Å². The number of furan rings is 2. The van der Waals surface area contributed by atoms with Gasteiger partial charge in [-0.2, -0.15) is 0 Å². The van der Waals surface area contributed by atoms with Gasteiger partial charge in [0.05, 0.1) is 0 Å². The van der Waals surface area contributed by atoms with E-state index in [-0.39, 0.29) is 0 Å². The molecule has 0 atom stereocenters. The van der Waals surface area contributed by atoms with E-state index in [4.69, 9.17) is 8.83 Å². The fourth-order valence-electron chi connectivity index (χ4n) is 8.30. The second-order valence-corrected chi connectivity index (χ2v) is 14.5. The second-order valence-electron chi connectivity index (χ2n) is 14.5.